The molecule has 1 rings (SSSR count). The molecule has 3 heteroatoms. The number of aliphatic hydroxyl groups excluding tert-OH is 1. The maximum atomic E-state index is 10.3. The summed E-state index contributed by atoms with van der Waals surface area (Å²) in [6.45, 7) is 5.66. The maximum absolute atomic E-state index is 10.3. The predicted molar refractivity (Wildman–Crippen MR) is 69.9 cm³/mol. The molecule has 0 radical (unpaired) electrons. The van der Waals surface area contributed by atoms with Crippen molar-refractivity contribution >= 4 is 23.2 Å². The zero-order valence-electron chi connectivity index (χ0n) is 9.29. The fraction of sp³-hybridized carbons (Fsp3) is 0.385. The molecular weight excluding hydrogens is 243 g/mol. The van der Waals surface area contributed by atoms with Crippen LogP contribution in [0.3, 0.4) is 0 Å². The molecule has 2 unspecified atom stereocenters. The van der Waals surface area contributed by atoms with Crippen molar-refractivity contribution in [2.24, 2.45) is 0 Å². The minimum absolute atomic E-state index is 0.285. The molecule has 2 atom stereocenters. The molecule has 0 amide bonds. The van der Waals surface area contributed by atoms with Gasteiger partial charge in [0.1, 0.15) is 11.0 Å². The van der Waals surface area contributed by atoms with Crippen molar-refractivity contribution in [3.05, 3.63) is 47.5 Å². The largest absolute Gasteiger partial charge is 0.386 e. The Morgan fingerprint density at radius 1 is 1.44 bits per heavy atom. The van der Waals surface area contributed by atoms with Gasteiger partial charge in [0.2, 0.25) is 0 Å². The first-order valence-corrected chi connectivity index (χ1v) is 6.04. The Kier molecular flexibility index (Phi) is 4.85. The zero-order chi connectivity index (χ0) is 12.2. The zero-order valence-corrected chi connectivity index (χ0v) is 10.8. The van der Waals surface area contributed by atoms with E-state index in [0.29, 0.717) is 6.42 Å². The highest BCUT2D eigenvalue weighted by Gasteiger charge is 2.38. The number of alkyl halides is 1. The van der Waals surface area contributed by atoms with Crippen LogP contribution in [0, 0.1) is 0 Å². The summed E-state index contributed by atoms with van der Waals surface area (Å²) in [5, 5.41) is 10.5. The van der Waals surface area contributed by atoms with Gasteiger partial charge in [0, 0.05) is 5.03 Å². The fourth-order valence-corrected chi connectivity index (χ4v) is 2.20. The van der Waals surface area contributed by atoms with Crippen LogP contribution in [0.2, 0.25) is 0 Å². The number of benzene rings is 1. The van der Waals surface area contributed by atoms with E-state index in [1.807, 2.05) is 37.3 Å². The summed E-state index contributed by atoms with van der Waals surface area (Å²) in [4.78, 5) is -0.988. The quantitative estimate of drug-likeness (QED) is 0.784. The fourth-order valence-electron chi connectivity index (χ4n) is 1.68. The lowest BCUT2D eigenvalue weighted by Gasteiger charge is -2.31. The van der Waals surface area contributed by atoms with E-state index in [-0.39, 0.29) is 5.03 Å². The van der Waals surface area contributed by atoms with Crippen molar-refractivity contribution in [2.45, 2.75) is 30.7 Å². The van der Waals surface area contributed by atoms with Crippen LogP contribution in [0.4, 0.5) is 0 Å². The van der Waals surface area contributed by atoms with Crippen LogP contribution in [0.15, 0.2) is 41.9 Å². The number of aliphatic hydroxyl groups is 1. The lowest BCUT2D eigenvalue weighted by atomic mass is 9.91. The van der Waals surface area contributed by atoms with Gasteiger partial charge in [-0.05, 0) is 12.0 Å². The third kappa shape index (κ3) is 2.79. The normalized spacial score (nSPS) is 16.5. The van der Waals surface area contributed by atoms with E-state index in [1.165, 1.54) is 0 Å². The Labute approximate surface area is 107 Å². The lowest BCUT2D eigenvalue weighted by molar-refractivity contribution is 0.138. The summed E-state index contributed by atoms with van der Waals surface area (Å²) in [6.07, 6.45) is 0.590. The smallest absolute Gasteiger partial charge is 0.109 e. The molecule has 0 bridgehead atoms. The van der Waals surface area contributed by atoms with Gasteiger partial charge < -0.3 is 5.11 Å². The van der Waals surface area contributed by atoms with E-state index in [4.69, 9.17) is 23.2 Å². The highest BCUT2D eigenvalue weighted by atomic mass is 35.5. The average Bonchev–Trinajstić information content (AvgIpc) is 2.29. The van der Waals surface area contributed by atoms with Gasteiger partial charge >= 0.3 is 0 Å². The third-order valence-electron chi connectivity index (χ3n) is 2.61. The number of rotatable bonds is 5. The van der Waals surface area contributed by atoms with Crippen LogP contribution in [-0.2, 0) is 0 Å². The number of halogens is 2. The molecule has 1 aromatic carbocycles. The molecule has 0 aliphatic rings. The van der Waals surface area contributed by atoms with Gasteiger partial charge in [-0.3, -0.25) is 0 Å². The molecule has 0 aliphatic heterocycles. The first-order valence-electron chi connectivity index (χ1n) is 5.29. The van der Waals surface area contributed by atoms with E-state index >= 15 is 0 Å². The highest BCUT2D eigenvalue weighted by molar-refractivity contribution is 6.39. The van der Waals surface area contributed by atoms with Crippen molar-refractivity contribution in [2.75, 3.05) is 0 Å². The minimum Gasteiger partial charge on any atom is -0.386 e. The SMILES string of the molecule is C=C(Cl)C(Cl)(CCC)C(O)c1ccccc1. The van der Waals surface area contributed by atoms with Crippen LogP contribution < -0.4 is 0 Å². The first-order chi connectivity index (χ1) is 7.52. The molecule has 1 N–H and O–H groups in total. The molecule has 0 saturated carbocycles. The molecule has 0 aliphatic carbocycles. The molecule has 1 nitrogen and oxygen atoms in total. The molecule has 1 aromatic rings. The molecule has 0 saturated heterocycles. The van der Waals surface area contributed by atoms with Crippen LogP contribution in [0.1, 0.15) is 31.4 Å². The minimum atomic E-state index is -0.988. The lowest BCUT2D eigenvalue weighted by Crippen LogP contribution is -2.30. The van der Waals surface area contributed by atoms with E-state index in [0.717, 1.165) is 12.0 Å². The summed E-state index contributed by atoms with van der Waals surface area (Å²) in [5.74, 6) is 0. The molecule has 16 heavy (non-hydrogen) atoms. The molecule has 88 valence electrons. The van der Waals surface area contributed by atoms with Gasteiger partial charge in [-0.1, -0.05) is 61.9 Å². The molecular formula is C13H16Cl2O. The van der Waals surface area contributed by atoms with Crippen LogP contribution in [0.25, 0.3) is 0 Å². The van der Waals surface area contributed by atoms with Crippen molar-refractivity contribution < 1.29 is 5.11 Å². The highest BCUT2D eigenvalue weighted by Crippen LogP contribution is 2.42. The Morgan fingerprint density at radius 3 is 2.44 bits per heavy atom. The summed E-state index contributed by atoms with van der Waals surface area (Å²) in [5.41, 5.74) is 0.757. The monoisotopic (exact) mass is 258 g/mol. The van der Waals surface area contributed by atoms with Gasteiger partial charge in [-0.25, -0.2) is 0 Å². The van der Waals surface area contributed by atoms with E-state index in [9.17, 15) is 5.11 Å². The van der Waals surface area contributed by atoms with Crippen LogP contribution >= 0.6 is 23.2 Å². The van der Waals surface area contributed by atoms with E-state index < -0.39 is 11.0 Å². The Balaban J connectivity index is 3.00. The van der Waals surface area contributed by atoms with Crippen molar-refractivity contribution in [1.29, 1.82) is 0 Å². The first kappa shape index (κ1) is 13.6. The summed E-state index contributed by atoms with van der Waals surface area (Å²) < 4.78 is 0. The molecule has 0 heterocycles. The maximum Gasteiger partial charge on any atom is 0.109 e. The second kappa shape index (κ2) is 5.72. The average molecular weight is 259 g/mol. The Morgan fingerprint density at radius 2 is 2.00 bits per heavy atom. The third-order valence-corrected chi connectivity index (χ3v) is 3.67. The van der Waals surface area contributed by atoms with Gasteiger partial charge in [0.05, 0.1) is 0 Å². The topological polar surface area (TPSA) is 20.2 Å². The van der Waals surface area contributed by atoms with Crippen molar-refractivity contribution in [3.63, 3.8) is 0 Å². The second-order valence-electron chi connectivity index (χ2n) is 3.83. The standard InChI is InChI=1S/C13H16Cl2O/c1-3-9-13(15,10(2)14)12(16)11-7-5-4-6-8-11/h4-8,12,16H,2-3,9H2,1H3. The summed E-state index contributed by atoms with van der Waals surface area (Å²) in [7, 11) is 0. The van der Waals surface area contributed by atoms with E-state index in [2.05, 4.69) is 6.58 Å². The van der Waals surface area contributed by atoms with Gasteiger partial charge in [-0.2, -0.15) is 0 Å². The second-order valence-corrected chi connectivity index (χ2v) is 4.96. The van der Waals surface area contributed by atoms with Gasteiger partial charge in [-0.15, -0.1) is 11.6 Å². The van der Waals surface area contributed by atoms with Crippen LogP contribution in [-0.4, -0.2) is 9.98 Å². The Bertz CT molecular complexity index is 350. The molecule has 0 aromatic heterocycles. The number of hydrogen-bond acceptors (Lipinski definition) is 1. The van der Waals surface area contributed by atoms with Crippen molar-refractivity contribution in [1.82, 2.24) is 0 Å². The van der Waals surface area contributed by atoms with Gasteiger partial charge in [0.25, 0.3) is 0 Å². The van der Waals surface area contributed by atoms with Crippen molar-refractivity contribution in [3.8, 4) is 0 Å². The molecule has 0 fully saturated rings. The summed E-state index contributed by atoms with van der Waals surface area (Å²) >= 11 is 12.3. The number of hydrogen-bond donors (Lipinski definition) is 1. The Hall–Kier alpha value is -0.500. The molecule has 0 spiro atoms. The predicted octanol–water partition coefficient (Wildman–Crippen LogP) is 4.25. The van der Waals surface area contributed by atoms with Gasteiger partial charge in [0.15, 0.2) is 0 Å². The van der Waals surface area contributed by atoms with Crippen LogP contribution in [0.5, 0.6) is 0 Å². The van der Waals surface area contributed by atoms with E-state index in [1.54, 1.807) is 0 Å². The summed E-state index contributed by atoms with van der Waals surface area (Å²) in [6, 6.07) is 9.27.